The third-order valence-corrected chi connectivity index (χ3v) is 3.09. The fourth-order valence-corrected chi connectivity index (χ4v) is 2.21. The molecule has 4 nitrogen and oxygen atoms in total. The molecule has 4 heteroatoms. The fraction of sp³-hybridized carbons (Fsp3) is 0.727. The van der Waals surface area contributed by atoms with Crippen molar-refractivity contribution in [2.75, 3.05) is 5.73 Å². The summed E-state index contributed by atoms with van der Waals surface area (Å²) in [6.45, 7) is 3.74. The van der Waals surface area contributed by atoms with Crippen molar-refractivity contribution in [1.82, 2.24) is 15.1 Å². The average molecular weight is 208 g/mol. The van der Waals surface area contributed by atoms with Crippen molar-refractivity contribution < 1.29 is 0 Å². The summed E-state index contributed by atoms with van der Waals surface area (Å²) in [4.78, 5) is 0. The Bertz CT molecular complexity index is 312. The molecule has 0 atom stereocenters. The average Bonchev–Trinajstić information content (AvgIpc) is 2.83. The first-order valence-corrected chi connectivity index (χ1v) is 5.85. The standard InChI is InChI=1S/C11H20N4/c1-2-15-11(12)7-10(14-15)8-13-9-5-3-4-6-9/h7,9,13H,2-6,8,12H2,1H3. The highest BCUT2D eigenvalue weighted by molar-refractivity contribution is 5.30. The molecule has 0 amide bonds. The number of aromatic nitrogens is 2. The van der Waals surface area contributed by atoms with Crippen molar-refractivity contribution >= 4 is 5.82 Å². The van der Waals surface area contributed by atoms with E-state index in [-0.39, 0.29) is 0 Å². The summed E-state index contributed by atoms with van der Waals surface area (Å²) in [7, 11) is 0. The zero-order chi connectivity index (χ0) is 10.7. The third-order valence-electron chi connectivity index (χ3n) is 3.09. The maximum Gasteiger partial charge on any atom is 0.121 e. The van der Waals surface area contributed by atoms with Gasteiger partial charge in [0.15, 0.2) is 0 Å². The number of nitrogen functional groups attached to an aromatic ring is 1. The minimum Gasteiger partial charge on any atom is -0.384 e. The molecule has 84 valence electrons. The summed E-state index contributed by atoms with van der Waals surface area (Å²) in [6, 6.07) is 2.66. The van der Waals surface area contributed by atoms with Gasteiger partial charge in [0.25, 0.3) is 0 Å². The van der Waals surface area contributed by atoms with Gasteiger partial charge in [-0.2, -0.15) is 5.10 Å². The molecular weight excluding hydrogens is 188 g/mol. The molecule has 1 aromatic heterocycles. The van der Waals surface area contributed by atoms with Gasteiger partial charge in [0.05, 0.1) is 5.69 Å². The lowest BCUT2D eigenvalue weighted by molar-refractivity contribution is 0.514. The van der Waals surface area contributed by atoms with Crippen molar-refractivity contribution in [2.24, 2.45) is 0 Å². The molecule has 0 radical (unpaired) electrons. The SMILES string of the molecule is CCn1nc(CNC2CCCC2)cc1N. The molecule has 0 aromatic carbocycles. The highest BCUT2D eigenvalue weighted by Gasteiger charge is 2.14. The minimum atomic E-state index is 0.693. The molecule has 0 aliphatic heterocycles. The first-order valence-electron chi connectivity index (χ1n) is 5.85. The van der Waals surface area contributed by atoms with Crippen molar-refractivity contribution in [2.45, 2.75) is 51.7 Å². The lowest BCUT2D eigenvalue weighted by atomic mass is 10.2. The van der Waals surface area contributed by atoms with Crippen LogP contribution in [0.2, 0.25) is 0 Å². The van der Waals surface area contributed by atoms with Crippen molar-refractivity contribution in [3.05, 3.63) is 11.8 Å². The fourth-order valence-electron chi connectivity index (χ4n) is 2.21. The Morgan fingerprint density at radius 2 is 2.27 bits per heavy atom. The number of nitrogens with zero attached hydrogens (tertiary/aromatic N) is 2. The summed E-state index contributed by atoms with van der Waals surface area (Å²) >= 11 is 0. The van der Waals surface area contributed by atoms with E-state index < -0.39 is 0 Å². The van der Waals surface area contributed by atoms with Crippen molar-refractivity contribution in [1.29, 1.82) is 0 Å². The van der Waals surface area contributed by atoms with E-state index in [2.05, 4.69) is 17.3 Å². The molecule has 15 heavy (non-hydrogen) atoms. The lowest BCUT2D eigenvalue weighted by Crippen LogP contribution is -2.25. The number of rotatable bonds is 4. The van der Waals surface area contributed by atoms with Crippen LogP contribution in [0.15, 0.2) is 6.07 Å². The van der Waals surface area contributed by atoms with Gasteiger partial charge < -0.3 is 11.1 Å². The first-order chi connectivity index (χ1) is 7.29. The maximum absolute atomic E-state index is 5.81. The van der Waals surface area contributed by atoms with Crippen LogP contribution in [0.4, 0.5) is 5.82 Å². The van der Waals surface area contributed by atoms with Crippen LogP contribution in [0.5, 0.6) is 0 Å². The highest BCUT2D eigenvalue weighted by Crippen LogP contribution is 2.18. The summed E-state index contributed by atoms with van der Waals surface area (Å²) in [5.74, 6) is 0.765. The van der Waals surface area contributed by atoms with Crippen LogP contribution in [-0.2, 0) is 13.1 Å². The van der Waals surface area contributed by atoms with E-state index in [1.165, 1.54) is 25.7 Å². The number of hydrogen-bond donors (Lipinski definition) is 2. The van der Waals surface area contributed by atoms with Gasteiger partial charge in [0.1, 0.15) is 5.82 Å². The molecule has 0 saturated heterocycles. The van der Waals surface area contributed by atoms with Crippen LogP contribution in [-0.4, -0.2) is 15.8 Å². The van der Waals surface area contributed by atoms with E-state index >= 15 is 0 Å². The number of nitrogens with one attached hydrogen (secondary N) is 1. The summed E-state index contributed by atoms with van der Waals surface area (Å²) in [6.07, 6.45) is 5.35. The molecule has 0 unspecified atom stereocenters. The van der Waals surface area contributed by atoms with E-state index in [1.54, 1.807) is 0 Å². The molecule has 3 N–H and O–H groups in total. The third kappa shape index (κ3) is 2.50. The minimum absolute atomic E-state index is 0.693. The Kier molecular flexibility index (Phi) is 3.26. The molecule has 0 spiro atoms. The van der Waals surface area contributed by atoms with Crippen LogP contribution >= 0.6 is 0 Å². The number of aryl methyl sites for hydroxylation is 1. The Hall–Kier alpha value is -1.03. The lowest BCUT2D eigenvalue weighted by Gasteiger charge is -2.09. The largest absolute Gasteiger partial charge is 0.384 e. The van der Waals surface area contributed by atoms with Gasteiger partial charge in [-0.25, -0.2) is 0 Å². The maximum atomic E-state index is 5.81. The molecular formula is C11H20N4. The predicted molar refractivity (Wildman–Crippen MR) is 61.4 cm³/mol. The van der Waals surface area contributed by atoms with E-state index in [9.17, 15) is 0 Å². The van der Waals surface area contributed by atoms with Crippen LogP contribution in [0.1, 0.15) is 38.3 Å². The van der Waals surface area contributed by atoms with Crippen LogP contribution < -0.4 is 11.1 Å². The number of hydrogen-bond acceptors (Lipinski definition) is 3. The molecule has 1 aliphatic rings. The second kappa shape index (κ2) is 4.66. The van der Waals surface area contributed by atoms with Gasteiger partial charge in [-0.1, -0.05) is 12.8 Å². The van der Waals surface area contributed by atoms with E-state index in [0.717, 1.165) is 24.6 Å². The Labute approximate surface area is 90.8 Å². The summed E-state index contributed by atoms with van der Waals surface area (Å²) < 4.78 is 1.84. The zero-order valence-electron chi connectivity index (χ0n) is 9.37. The second-order valence-electron chi connectivity index (χ2n) is 4.24. The second-order valence-corrected chi connectivity index (χ2v) is 4.24. The summed E-state index contributed by atoms with van der Waals surface area (Å²) in [5.41, 5.74) is 6.87. The Morgan fingerprint density at radius 3 is 2.87 bits per heavy atom. The normalized spacial score (nSPS) is 17.4. The number of nitrogens with two attached hydrogens (primary N) is 1. The van der Waals surface area contributed by atoms with Crippen LogP contribution in [0.3, 0.4) is 0 Å². The Morgan fingerprint density at radius 1 is 1.53 bits per heavy atom. The first kappa shape index (κ1) is 10.5. The van der Waals surface area contributed by atoms with Gasteiger partial charge in [0, 0.05) is 25.2 Å². The molecule has 1 fully saturated rings. The molecule has 2 rings (SSSR count). The zero-order valence-corrected chi connectivity index (χ0v) is 9.37. The number of anilines is 1. The quantitative estimate of drug-likeness (QED) is 0.788. The van der Waals surface area contributed by atoms with Gasteiger partial charge in [-0.05, 0) is 19.8 Å². The van der Waals surface area contributed by atoms with E-state index in [4.69, 9.17) is 5.73 Å². The van der Waals surface area contributed by atoms with E-state index in [0.29, 0.717) is 6.04 Å². The van der Waals surface area contributed by atoms with Crippen LogP contribution in [0, 0.1) is 0 Å². The topological polar surface area (TPSA) is 55.9 Å². The summed E-state index contributed by atoms with van der Waals surface area (Å²) in [5, 5.41) is 7.95. The van der Waals surface area contributed by atoms with Gasteiger partial charge in [0.2, 0.25) is 0 Å². The van der Waals surface area contributed by atoms with Gasteiger partial charge in [-0.15, -0.1) is 0 Å². The Balaban J connectivity index is 1.87. The van der Waals surface area contributed by atoms with E-state index in [1.807, 2.05) is 10.7 Å². The molecule has 1 heterocycles. The van der Waals surface area contributed by atoms with Crippen molar-refractivity contribution in [3.8, 4) is 0 Å². The molecule has 1 aromatic rings. The molecule has 1 aliphatic carbocycles. The molecule has 0 bridgehead atoms. The monoisotopic (exact) mass is 208 g/mol. The smallest absolute Gasteiger partial charge is 0.121 e. The van der Waals surface area contributed by atoms with Crippen molar-refractivity contribution in [3.63, 3.8) is 0 Å². The molecule has 1 saturated carbocycles. The van der Waals surface area contributed by atoms with Crippen LogP contribution in [0.25, 0.3) is 0 Å². The van der Waals surface area contributed by atoms with Gasteiger partial charge >= 0.3 is 0 Å². The predicted octanol–water partition coefficient (Wildman–Crippen LogP) is 1.52. The highest BCUT2D eigenvalue weighted by atomic mass is 15.3. The van der Waals surface area contributed by atoms with Gasteiger partial charge in [-0.3, -0.25) is 4.68 Å².